The van der Waals surface area contributed by atoms with Crippen molar-refractivity contribution in [1.29, 1.82) is 0 Å². The zero-order chi connectivity index (χ0) is 25.2. The van der Waals surface area contributed by atoms with Crippen molar-refractivity contribution in [1.82, 2.24) is 15.5 Å². The molecule has 0 saturated heterocycles. The van der Waals surface area contributed by atoms with Gasteiger partial charge in [0, 0.05) is 12.6 Å². The molecule has 2 unspecified atom stereocenters. The van der Waals surface area contributed by atoms with Crippen LogP contribution in [-0.2, 0) is 14.3 Å². The average molecular weight is 464 g/mol. The summed E-state index contributed by atoms with van der Waals surface area (Å²) in [5.41, 5.74) is 0.931. The highest BCUT2D eigenvalue weighted by atomic mass is 16.6. The van der Waals surface area contributed by atoms with E-state index < -0.39 is 36.3 Å². The van der Waals surface area contributed by atoms with Crippen LogP contribution in [0.5, 0.6) is 0 Å². The number of rotatable bonds is 11. The quantitative estimate of drug-likeness (QED) is 0.436. The minimum atomic E-state index is -1.25. The molecule has 0 bridgehead atoms. The Bertz CT molecular complexity index is 771. The number of nitrogens with zero attached hydrogens (tertiary/aromatic N) is 1. The number of nitrogens with one attached hydrogen (secondary N) is 2. The van der Waals surface area contributed by atoms with Crippen molar-refractivity contribution >= 4 is 17.9 Å². The van der Waals surface area contributed by atoms with Gasteiger partial charge in [0.15, 0.2) is 0 Å². The van der Waals surface area contributed by atoms with E-state index in [0.29, 0.717) is 12.1 Å². The van der Waals surface area contributed by atoms with Gasteiger partial charge in [-0.1, -0.05) is 49.6 Å². The summed E-state index contributed by atoms with van der Waals surface area (Å²) in [4.78, 5) is 40.4. The summed E-state index contributed by atoms with van der Waals surface area (Å²) in [5, 5.41) is 15.3. The normalized spacial score (nSPS) is 13.2. The lowest BCUT2D eigenvalue weighted by molar-refractivity contribution is -0.145. The summed E-state index contributed by atoms with van der Waals surface area (Å²) in [6.45, 7) is 12.6. The van der Waals surface area contributed by atoms with Crippen LogP contribution >= 0.6 is 0 Å². The summed E-state index contributed by atoms with van der Waals surface area (Å²) < 4.78 is 5.23. The second-order valence-corrected chi connectivity index (χ2v) is 9.53. The van der Waals surface area contributed by atoms with Gasteiger partial charge in [-0.3, -0.25) is 9.59 Å². The average Bonchev–Trinajstić information content (AvgIpc) is 2.72. The molecule has 1 aromatic rings. The van der Waals surface area contributed by atoms with Crippen molar-refractivity contribution in [3.8, 4) is 0 Å². The number of aryl methyl sites for hydroxylation is 1. The Morgan fingerprint density at radius 2 is 1.70 bits per heavy atom. The Balaban J connectivity index is 3.24. The van der Waals surface area contributed by atoms with Gasteiger partial charge in [-0.2, -0.15) is 0 Å². The Morgan fingerprint density at radius 3 is 2.18 bits per heavy atom. The first-order valence-electron chi connectivity index (χ1n) is 11.7. The van der Waals surface area contributed by atoms with Gasteiger partial charge in [0.05, 0.1) is 6.61 Å². The SMILES string of the molecule is CCCCCNC(=O)C(c1ccc(C)cc1)N(C(=O)C(CO)NC(=O)OC(C)(C)C)C(C)C. The smallest absolute Gasteiger partial charge is 0.408 e. The Kier molecular flexibility index (Phi) is 11.4. The largest absolute Gasteiger partial charge is 0.444 e. The molecule has 0 aromatic heterocycles. The molecule has 186 valence electrons. The van der Waals surface area contributed by atoms with Crippen LogP contribution in [0.15, 0.2) is 24.3 Å². The van der Waals surface area contributed by atoms with E-state index in [4.69, 9.17) is 4.74 Å². The minimum absolute atomic E-state index is 0.300. The predicted molar refractivity (Wildman–Crippen MR) is 129 cm³/mol. The highest BCUT2D eigenvalue weighted by Crippen LogP contribution is 2.25. The van der Waals surface area contributed by atoms with Gasteiger partial charge in [-0.15, -0.1) is 0 Å². The molecule has 1 aromatic carbocycles. The zero-order valence-corrected chi connectivity index (χ0v) is 21.1. The molecular weight excluding hydrogens is 422 g/mol. The number of carbonyl (C=O) groups is 3. The second kappa shape index (κ2) is 13.2. The van der Waals surface area contributed by atoms with E-state index in [1.807, 2.05) is 31.2 Å². The molecule has 2 atom stereocenters. The fraction of sp³-hybridized carbons (Fsp3) is 0.640. The van der Waals surface area contributed by atoms with Gasteiger partial charge in [-0.05, 0) is 53.5 Å². The lowest BCUT2D eigenvalue weighted by atomic mass is 10.00. The van der Waals surface area contributed by atoms with E-state index in [2.05, 4.69) is 17.6 Å². The molecule has 3 amide bonds. The first-order valence-corrected chi connectivity index (χ1v) is 11.7. The van der Waals surface area contributed by atoms with Crippen LogP contribution in [0.1, 0.15) is 78.0 Å². The van der Waals surface area contributed by atoms with Crippen molar-refractivity contribution in [2.75, 3.05) is 13.2 Å². The van der Waals surface area contributed by atoms with Gasteiger partial charge in [0.2, 0.25) is 11.8 Å². The van der Waals surface area contributed by atoms with Crippen molar-refractivity contribution in [3.63, 3.8) is 0 Å². The molecule has 0 aliphatic carbocycles. The zero-order valence-electron chi connectivity index (χ0n) is 21.1. The summed E-state index contributed by atoms with van der Waals surface area (Å²) in [6, 6.07) is 4.89. The lowest BCUT2D eigenvalue weighted by Gasteiger charge is -2.37. The molecule has 1 rings (SSSR count). The molecule has 8 nitrogen and oxygen atoms in total. The number of hydrogen-bond acceptors (Lipinski definition) is 5. The highest BCUT2D eigenvalue weighted by Gasteiger charge is 2.37. The monoisotopic (exact) mass is 463 g/mol. The van der Waals surface area contributed by atoms with Crippen LogP contribution in [-0.4, -0.2) is 58.8 Å². The molecule has 0 aliphatic heterocycles. The van der Waals surface area contributed by atoms with Crippen LogP contribution in [0.3, 0.4) is 0 Å². The standard InChI is InChI=1S/C25H41N3O5/c1-8-9-10-15-26-22(30)21(19-13-11-18(4)12-14-19)28(17(2)3)23(31)20(16-29)27-24(32)33-25(5,6)7/h11-14,17,20-21,29H,8-10,15-16H2,1-7H3,(H,26,30)(H,27,32). The van der Waals surface area contributed by atoms with Crippen LogP contribution < -0.4 is 10.6 Å². The third-order valence-electron chi connectivity index (χ3n) is 4.98. The third kappa shape index (κ3) is 9.42. The van der Waals surface area contributed by atoms with Crippen molar-refractivity contribution in [3.05, 3.63) is 35.4 Å². The van der Waals surface area contributed by atoms with Gasteiger partial charge in [-0.25, -0.2) is 4.79 Å². The number of aliphatic hydroxyl groups excluding tert-OH is 1. The lowest BCUT2D eigenvalue weighted by Crippen LogP contribution is -2.56. The Hall–Kier alpha value is -2.61. The number of hydrogen-bond donors (Lipinski definition) is 3. The second-order valence-electron chi connectivity index (χ2n) is 9.53. The maximum absolute atomic E-state index is 13.5. The summed E-state index contributed by atoms with van der Waals surface area (Å²) >= 11 is 0. The molecule has 0 fully saturated rings. The maximum Gasteiger partial charge on any atom is 0.408 e. The number of amides is 3. The third-order valence-corrected chi connectivity index (χ3v) is 4.98. The van der Waals surface area contributed by atoms with Crippen LogP contribution in [0.4, 0.5) is 4.79 Å². The van der Waals surface area contributed by atoms with Crippen molar-refractivity contribution in [2.24, 2.45) is 0 Å². The molecule has 0 aliphatic rings. The van der Waals surface area contributed by atoms with E-state index in [1.165, 1.54) is 4.90 Å². The van der Waals surface area contributed by atoms with Crippen LogP contribution in [0, 0.1) is 6.92 Å². The van der Waals surface area contributed by atoms with E-state index in [9.17, 15) is 19.5 Å². The number of alkyl carbamates (subject to hydrolysis) is 1. The number of aliphatic hydroxyl groups is 1. The van der Waals surface area contributed by atoms with Gasteiger partial charge in [0.1, 0.15) is 17.7 Å². The molecular formula is C25H41N3O5. The van der Waals surface area contributed by atoms with Gasteiger partial charge in [0.25, 0.3) is 0 Å². The molecule has 0 saturated carbocycles. The van der Waals surface area contributed by atoms with Crippen LogP contribution in [0.2, 0.25) is 0 Å². The van der Waals surface area contributed by atoms with Crippen LogP contribution in [0.25, 0.3) is 0 Å². The topological polar surface area (TPSA) is 108 Å². The summed E-state index contributed by atoms with van der Waals surface area (Å²) in [6.07, 6.45) is 2.06. The van der Waals surface area contributed by atoms with E-state index in [-0.39, 0.29) is 11.9 Å². The van der Waals surface area contributed by atoms with E-state index in [0.717, 1.165) is 24.8 Å². The first-order chi connectivity index (χ1) is 15.4. The summed E-state index contributed by atoms with van der Waals surface area (Å²) in [7, 11) is 0. The molecule has 33 heavy (non-hydrogen) atoms. The molecule has 0 spiro atoms. The van der Waals surface area contributed by atoms with Crippen molar-refractivity contribution in [2.45, 2.75) is 91.5 Å². The number of unbranched alkanes of at least 4 members (excludes halogenated alkanes) is 2. The van der Waals surface area contributed by atoms with Gasteiger partial charge >= 0.3 is 6.09 Å². The molecule has 8 heteroatoms. The van der Waals surface area contributed by atoms with Gasteiger partial charge < -0.3 is 25.4 Å². The fourth-order valence-electron chi connectivity index (χ4n) is 3.37. The van der Waals surface area contributed by atoms with Crippen molar-refractivity contribution < 1.29 is 24.2 Å². The first kappa shape index (κ1) is 28.4. The Labute approximate surface area is 198 Å². The number of benzene rings is 1. The molecule has 3 N–H and O–H groups in total. The highest BCUT2D eigenvalue weighted by molar-refractivity contribution is 5.92. The Morgan fingerprint density at radius 1 is 1.09 bits per heavy atom. The minimum Gasteiger partial charge on any atom is -0.444 e. The number of carbonyl (C=O) groups excluding carboxylic acids is 3. The molecule has 0 heterocycles. The number of ether oxygens (including phenoxy) is 1. The summed E-state index contributed by atoms with van der Waals surface area (Å²) in [5.74, 6) is -0.862. The van der Waals surface area contributed by atoms with E-state index >= 15 is 0 Å². The fourth-order valence-corrected chi connectivity index (χ4v) is 3.37. The maximum atomic E-state index is 13.5. The van der Waals surface area contributed by atoms with E-state index in [1.54, 1.807) is 34.6 Å². The predicted octanol–water partition coefficient (Wildman–Crippen LogP) is 3.47. The molecule has 0 radical (unpaired) electrons.